The molecule has 3 aromatic rings. The van der Waals surface area contributed by atoms with Gasteiger partial charge in [-0.05, 0) is 69.5 Å². The number of hydrogen-bond donors (Lipinski definition) is 3. The van der Waals surface area contributed by atoms with E-state index in [0.717, 1.165) is 28.9 Å². The van der Waals surface area contributed by atoms with Crippen LogP contribution in [0.25, 0.3) is 0 Å². The molecule has 1 saturated heterocycles. The van der Waals surface area contributed by atoms with Crippen molar-refractivity contribution in [2.75, 3.05) is 18.4 Å². The SMILES string of the molecule is CCc1cc(CC2(C(=O)O)CCN(Cc3cccc(Cl)c3F)CC2)nc(Nc2cc(C)[nH]n2)c1C. The minimum atomic E-state index is -0.920. The van der Waals surface area contributed by atoms with E-state index in [0.29, 0.717) is 56.1 Å². The van der Waals surface area contributed by atoms with E-state index in [1.54, 1.807) is 12.1 Å². The molecule has 0 unspecified atom stereocenters. The summed E-state index contributed by atoms with van der Waals surface area (Å²) < 4.78 is 14.4. The largest absolute Gasteiger partial charge is 0.481 e. The number of piperidine rings is 1. The Balaban J connectivity index is 1.53. The summed E-state index contributed by atoms with van der Waals surface area (Å²) in [5, 5.41) is 20.8. The van der Waals surface area contributed by atoms with Gasteiger partial charge in [0.2, 0.25) is 0 Å². The average Bonchev–Trinajstić information content (AvgIpc) is 3.24. The Bertz CT molecular complexity index is 1220. The average molecular weight is 500 g/mol. The van der Waals surface area contributed by atoms with E-state index in [-0.39, 0.29) is 5.02 Å². The molecule has 2 aromatic heterocycles. The van der Waals surface area contributed by atoms with Crippen molar-refractivity contribution in [2.45, 2.75) is 53.0 Å². The van der Waals surface area contributed by atoms with Crippen molar-refractivity contribution >= 4 is 29.2 Å². The number of rotatable bonds is 8. The summed E-state index contributed by atoms with van der Waals surface area (Å²) >= 11 is 5.92. The van der Waals surface area contributed by atoms with Gasteiger partial charge in [0.25, 0.3) is 0 Å². The number of carbonyl (C=O) groups is 1. The van der Waals surface area contributed by atoms with Gasteiger partial charge in [0.05, 0.1) is 10.4 Å². The third-order valence-corrected chi connectivity index (χ3v) is 7.27. The predicted molar refractivity (Wildman–Crippen MR) is 135 cm³/mol. The summed E-state index contributed by atoms with van der Waals surface area (Å²) in [6.45, 7) is 7.54. The van der Waals surface area contributed by atoms with Gasteiger partial charge >= 0.3 is 5.97 Å². The van der Waals surface area contributed by atoms with Crippen molar-refractivity contribution in [3.63, 3.8) is 0 Å². The lowest BCUT2D eigenvalue weighted by Crippen LogP contribution is -2.45. The molecule has 1 fully saturated rings. The van der Waals surface area contributed by atoms with E-state index in [1.165, 1.54) is 6.07 Å². The number of H-pyrrole nitrogens is 1. The molecule has 1 aliphatic heterocycles. The Labute approximate surface area is 209 Å². The summed E-state index contributed by atoms with van der Waals surface area (Å²) in [5.41, 5.74) is 3.44. The van der Waals surface area contributed by atoms with Crippen LogP contribution in [0.4, 0.5) is 16.0 Å². The number of aryl methyl sites for hydroxylation is 2. The fourth-order valence-corrected chi connectivity index (χ4v) is 4.96. The minimum absolute atomic E-state index is 0.103. The smallest absolute Gasteiger partial charge is 0.310 e. The molecule has 4 rings (SSSR count). The number of aromatic amines is 1. The summed E-state index contributed by atoms with van der Waals surface area (Å²) in [5.74, 6) is 0.142. The standard InChI is InChI=1S/C26H31ClFN5O2/c1-4-18-13-20(29-24(17(18)3)30-22-12-16(2)31-32-22)14-26(25(34)35)8-10-33(11-9-26)15-19-6-5-7-21(27)23(19)28/h5-7,12-13H,4,8-11,14-15H2,1-3H3,(H,34,35)(H2,29,30,31,32). The number of nitrogens with zero attached hydrogens (tertiary/aromatic N) is 3. The molecule has 3 N–H and O–H groups in total. The highest BCUT2D eigenvalue weighted by Gasteiger charge is 2.42. The third kappa shape index (κ3) is 5.49. The van der Waals surface area contributed by atoms with Crippen LogP contribution in [0.15, 0.2) is 30.3 Å². The number of carboxylic acids is 1. The highest BCUT2D eigenvalue weighted by Crippen LogP contribution is 2.37. The van der Waals surface area contributed by atoms with Crippen molar-refractivity contribution in [3.05, 3.63) is 69.2 Å². The monoisotopic (exact) mass is 499 g/mol. The van der Waals surface area contributed by atoms with Gasteiger partial charge in [0, 0.05) is 36.0 Å². The van der Waals surface area contributed by atoms with Crippen LogP contribution in [-0.2, 0) is 24.2 Å². The molecule has 0 radical (unpaired) electrons. The van der Waals surface area contributed by atoms with Gasteiger partial charge < -0.3 is 10.4 Å². The maximum Gasteiger partial charge on any atom is 0.310 e. The molecule has 9 heteroatoms. The third-order valence-electron chi connectivity index (χ3n) is 6.98. The first-order valence-corrected chi connectivity index (χ1v) is 12.3. The maximum absolute atomic E-state index is 14.4. The van der Waals surface area contributed by atoms with Gasteiger partial charge in [-0.3, -0.25) is 14.8 Å². The van der Waals surface area contributed by atoms with E-state index < -0.39 is 17.2 Å². The molecule has 7 nitrogen and oxygen atoms in total. The number of benzene rings is 1. The number of halogens is 2. The van der Waals surface area contributed by atoms with E-state index in [2.05, 4.69) is 27.3 Å². The van der Waals surface area contributed by atoms with Gasteiger partial charge in [0.1, 0.15) is 11.6 Å². The zero-order chi connectivity index (χ0) is 25.2. The first-order valence-electron chi connectivity index (χ1n) is 11.9. The molecule has 1 aliphatic rings. The van der Waals surface area contributed by atoms with Crippen LogP contribution in [-0.4, -0.2) is 44.2 Å². The van der Waals surface area contributed by atoms with Gasteiger partial charge in [-0.25, -0.2) is 9.37 Å². The Morgan fingerprint density at radius 1 is 1.26 bits per heavy atom. The molecule has 1 aromatic carbocycles. The van der Waals surface area contributed by atoms with Crippen molar-refractivity contribution in [3.8, 4) is 0 Å². The first-order chi connectivity index (χ1) is 16.7. The number of pyridine rings is 1. The second-order valence-corrected chi connectivity index (χ2v) is 9.82. The summed E-state index contributed by atoms with van der Waals surface area (Å²) in [4.78, 5) is 19.4. The highest BCUT2D eigenvalue weighted by molar-refractivity contribution is 6.30. The van der Waals surface area contributed by atoms with Gasteiger partial charge in [-0.2, -0.15) is 5.10 Å². The van der Waals surface area contributed by atoms with Crippen LogP contribution < -0.4 is 5.32 Å². The number of aliphatic carboxylic acids is 1. The molecule has 0 bridgehead atoms. The van der Waals surface area contributed by atoms with Crippen LogP contribution in [0.3, 0.4) is 0 Å². The van der Waals surface area contributed by atoms with Crippen LogP contribution in [0.5, 0.6) is 0 Å². The van der Waals surface area contributed by atoms with Crippen molar-refractivity contribution in [1.29, 1.82) is 0 Å². The van der Waals surface area contributed by atoms with Crippen molar-refractivity contribution in [2.24, 2.45) is 5.41 Å². The summed E-state index contributed by atoms with van der Waals surface area (Å²) in [6.07, 6.45) is 2.07. The fraction of sp³-hybridized carbons (Fsp3) is 0.423. The zero-order valence-corrected chi connectivity index (χ0v) is 21.0. The molecule has 0 atom stereocenters. The highest BCUT2D eigenvalue weighted by atomic mass is 35.5. The van der Waals surface area contributed by atoms with Crippen LogP contribution >= 0.6 is 11.6 Å². The lowest BCUT2D eigenvalue weighted by atomic mass is 9.74. The van der Waals surface area contributed by atoms with Crippen LogP contribution in [0.1, 0.15) is 47.8 Å². The zero-order valence-electron chi connectivity index (χ0n) is 20.3. The van der Waals surface area contributed by atoms with Crippen LogP contribution in [0.2, 0.25) is 5.02 Å². The second-order valence-electron chi connectivity index (χ2n) is 9.41. The second kappa shape index (κ2) is 10.3. The van der Waals surface area contributed by atoms with E-state index in [4.69, 9.17) is 16.6 Å². The number of carboxylic acid groups (broad SMARTS) is 1. The number of likely N-dealkylation sites (tertiary alicyclic amines) is 1. The number of hydrogen-bond acceptors (Lipinski definition) is 5. The quantitative estimate of drug-likeness (QED) is 0.382. The predicted octanol–water partition coefficient (Wildman–Crippen LogP) is 5.43. The van der Waals surface area contributed by atoms with Crippen molar-refractivity contribution in [1.82, 2.24) is 20.1 Å². The molecule has 35 heavy (non-hydrogen) atoms. The fourth-order valence-electron chi connectivity index (χ4n) is 4.77. The first kappa shape index (κ1) is 25.1. The van der Waals surface area contributed by atoms with E-state index >= 15 is 0 Å². The summed E-state index contributed by atoms with van der Waals surface area (Å²) in [6, 6.07) is 8.90. The van der Waals surface area contributed by atoms with E-state index in [1.807, 2.05) is 26.0 Å². The number of nitrogens with one attached hydrogen (secondary N) is 2. The molecule has 0 amide bonds. The van der Waals surface area contributed by atoms with E-state index in [9.17, 15) is 14.3 Å². The Morgan fingerprint density at radius 3 is 2.63 bits per heavy atom. The van der Waals surface area contributed by atoms with Crippen molar-refractivity contribution < 1.29 is 14.3 Å². The number of anilines is 2. The van der Waals surface area contributed by atoms with Crippen LogP contribution in [0, 0.1) is 25.1 Å². The van der Waals surface area contributed by atoms with Gasteiger partial charge in [-0.1, -0.05) is 30.7 Å². The molecular formula is C26H31ClFN5O2. The molecule has 0 saturated carbocycles. The van der Waals surface area contributed by atoms with Gasteiger partial charge in [0.15, 0.2) is 5.82 Å². The molecular weight excluding hydrogens is 469 g/mol. The topological polar surface area (TPSA) is 94.1 Å². The molecule has 3 heterocycles. The molecule has 186 valence electrons. The summed E-state index contributed by atoms with van der Waals surface area (Å²) in [7, 11) is 0. The Hall–Kier alpha value is -2.97. The Kier molecular flexibility index (Phi) is 7.42. The Morgan fingerprint density at radius 2 is 2.00 bits per heavy atom. The number of aromatic nitrogens is 3. The lowest BCUT2D eigenvalue weighted by Gasteiger charge is -2.39. The molecule has 0 aliphatic carbocycles. The maximum atomic E-state index is 14.4. The lowest BCUT2D eigenvalue weighted by molar-refractivity contribution is -0.152. The minimum Gasteiger partial charge on any atom is -0.481 e. The normalized spacial score (nSPS) is 15.8. The van der Waals surface area contributed by atoms with Gasteiger partial charge in [-0.15, -0.1) is 0 Å². The molecule has 0 spiro atoms.